The molecule has 0 aromatic heterocycles. The first-order valence-corrected chi connectivity index (χ1v) is 9.55. The maximum Gasteiger partial charge on any atom is 0.234 e. The fraction of sp³-hybridized carbons (Fsp3) is 0.364. The zero-order valence-electron chi connectivity index (χ0n) is 16.6. The summed E-state index contributed by atoms with van der Waals surface area (Å²) >= 11 is 0. The number of nitrogens with one attached hydrogen (secondary N) is 1. The topological polar surface area (TPSA) is 61.9 Å². The summed E-state index contributed by atoms with van der Waals surface area (Å²) in [6.07, 6.45) is 0.319. The number of hydrogen-bond donors (Lipinski definition) is 1. The third-order valence-corrected chi connectivity index (χ3v) is 4.89. The van der Waals surface area contributed by atoms with E-state index in [4.69, 9.17) is 4.74 Å². The molecule has 2 aromatic rings. The lowest BCUT2D eigenvalue weighted by atomic mass is 10.2. The van der Waals surface area contributed by atoms with Crippen LogP contribution in [0.15, 0.2) is 54.6 Å². The Bertz CT molecular complexity index is 806. The highest BCUT2D eigenvalue weighted by atomic mass is 16.5. The van der Waals surface area contributed by atoms with Gasteiger partial charge in [-0.3, -0.25) is 14.5 Å². The van der Waals surface area contributed by atoms with Crippen molar-refractivity contribution in [3.63, 3.8) is 0 Å². The molecule has 1 fully saturated rings. The van der Waals surface area contributed by atoms with Crippen LogP contribution in [0.4, 0.5) is 5.69 Å². The normalized spacial score (nSPS) is 16.7. The number of amides is 2. The molecule has 2 amide bonds. The molecule has 1 heterocycles. The lowest BCUT2D eigenvalue weighted by molar-refractivity contribution is -0.123. The van der Waals surface area contributed by atoms with E-state index in [0.717, 1.165) is 11.4 Å². The monoisotopic (exact) mass is 381 g/mol. The van der Waals surface area contributed by atoms with E-state index in [0.29, 0.717) is 31.3 Å². The first kappa shape index (κ1) is 19.9. The summed E-state index contributed by atoms with van der Waals surface area (Å²) in [5, 5.41) is 2.97. The number of carbonyl (C=O) groups is 2. The van der Waals surface area contributed by atoms with Crippen molar-refractivity contribution >= 4 is 17.5 Å². The Balaban J connectivity index is 1.57. The predicted molar refractivity (Wildman–Crippen MR) is 110 cm³/mol. The van der Waals surface area contributed by atoms with Crippen LogP contribution in [0.3, 0.4) is 0 Å². The smallest absolute Gasteiger partial charge is 0.234 e. The Morgan fingerprint density at radius 2 is 1.79 bits per heavy atom. The van der Waals surface area contributed by atoms with Crippen molar-refractivity contribution in [2.75, 3.05) is 25.0 Å². The van der Waals surface area contributed by atoms with Crippen molar-refractivity contribution in [3.8, 4) is 11.5 Å². The van der Waals surface area contributed by atoms with Gasteiger partial charge in [-0.2, -0.15) is 0 Å². The van der Waals surface area contributed by atoms with Gasteiger partial charge in [0.25, 0.3) is 0 Å². The first-order chi connectivity index (χ1) is 13.4. The number of benzene rings is 2. The van der Waals surface area contributed by atoms with Gasteiger partial charge in [-0.15, -0.1) is 0 Å². The molecule has 1 aliphatic heterocycles. The highest BCUT2D eigenvalue weighted by molar-refractivity contribution is 5.97. The van der Waals surface area contributed by atoms with Gasteiger partial charge >= 0.3 is 0 Å². The second-order valence-electron chi connectivity index (χ2n) is 7.39. The van der Waals surface area contributed by atoms with Gasteiger partial charge in [0.2, 0.25) is 11.8 Å². The summed E-state index contributed by atoms with van der Waals surface area (Å²) in [7, 11) is 1.91. The van der Waals surface area contributed by atoms with E-state index in [1.165, 1.54) is 0 Å². The quantitative estimate of drug-likeness (QED) is 0.801. The van der Waals surface area contributed by atoms with Crippen LogP contribution in [0.5, 0.6) is 11.5 Å². The zero-order valence-corrected chi connectivity index (χ0v) is 16.6. The van der Waals surface area contributed by atoms with Crippen LogP contribution in [0.1, 0.15) is 20.3 Å². The number of rotatable bonds is 7. The predicted octanol–water partition coefficient (Wildman–Crippen LogP) is 3.04. The van der Waals surface area contributed by atoms with Gasteiger partial charge in [0.05, 0.1) is 12.6 Å². The Hall–Kier alpha value is -2.86. The second kappa shape index (κ2) is 8.89. The van der Waals surface area contributed by atoms with Gasteiger partial charge in [0.1, 0.15) is 11.5 Å². The summed E-state index contributed by atoms with van der Waals surface area (Å²) in [5.41, 5.74) is 0.807. The molecule has 6 heteroatoms. The van der Waals surface area contributed by atoms with Crippen LogP contribution in [0.25, 0.3) is 0 Å². The molecule has 0 bridgehead atoms. The number of ether oxygens (including phenoxy) is 1. The molecule has 1 aliphatic rings. The van der Waals surface area contributed by atoms with Crippen molar-refractivity contribution < 1.29 is 14.3 Å². The van der Waals surface area contributed by atoms with Gasteiger partial charge < -0.3 is 15.0 Å². The molecule has 28 heavy (non-hydrogen) atoms. The van der Waals surface area contributed by atoms with Crippen molar-refractivity contribution in [2.45, 2.75) is 32.4 Å². The lowest BCUT2D eigenvalue weighted by Crippen LogP contribution is -2.43. The zero-order chi connectivity index (χ0) is 20.1. The third kappa shape index (κ3) is 5.10. The molecule has 0 radical (unpaired) electrons. The number of likely N-dealkylation sites (N-methyl/N-ethyl adjacent to an activating group) is 1. The molecule has 1 N–H and O–H groups in total. The molecule has 148 valence electrons. The summed E-state index contributed by atoms with van der Waals surface area (Å²) in [6.45, 7) is 4.89. The summed E-state index contributed by atoms with van der Waals surface area (Å²) < 4.78 is 5.79. The number of carbonyl (C=O) groups excluding carboxylic acids is 2. The number of anilines is 1. The van der Waals surface area contributed by atoms with E-state index in [-0.39, 0.29) is 17.9 Å². The summed E-state index contributed by atoms with van der Waals surface area (Å²) in [5.74, 6) is 1.44. The molecule has 1 unspecified atom stereocenters. The molecule has 0 aliphatic carbocycles. The van der Waals surface area contributed by atoms with Crippen molar-refractivity contribution in [2.24, 2.45) is 0 Å². The van der Waals surface area contributed by atoms with Crippen molar-refractivity contribution in [3.05, 3.63) is 54.6 Å². The number of nitrogens with zero attached hydrogens (tertiary/aromatic N) is 2. The minimum Gasteiger partial charge on any atom is -0.457 e. The molecule has 3 rings (SSSR count). The van der Waals surface area contributed by atoms with Crippen LogP contribution in [-0.2, 0) is 9.59 Å². The standard InChI is InChI=1S/C22H27N3O3/c1-16(2)24(3)15-21(26)23-17-13-22(27)25(14-17)18-9-11-20(12-10-18)28-19-7-5-4-6-8-19/h4-12,16-17H,13-15H2,1-3H3,(H,23,26). The summed E-state index contributed by atoms with van der Waals surface area (Å²) in [6, 6.07) is 17.1. The fourth-order valence-electron chi connectivity index (χ4n) is 3.05. The van der Waals surface area contributed by atoms with Crippen LogP contribution in [0, 0.1) is 0 Å². The maximum atomic E-state index is 12.4. The maximum absolute atomic E-state index is 12.4. The SMILES string of the molecule is CC(C)N(C)CC(=O)NC1CC(=O)N(c2ccc(Oc3ccccc3)cc2)C1. The van der Waals surface area contributed by atoms with Crippen LogP contribution >= 0.6 is 0 Å². The Labute approximate surface area is 166 Å². The largest absolute Gasteiger partial charge is 0.457 e. The third-order valence-electron chi connectivity index (χ3n) is 4.89. The van der Waals surface area contributed by atoms with Gasteiger partial charge in [0.15, 0.2) is 0 Å². The van der Waals surface area contributed by atoms with Crippen LogP contribution in [0.2, 0.25) is 0 Å². The minimum absolute atomic E-state index is 0.0132. The molecule has 1 saturated heterocycles. The molecular weight excluding hydrogens is 354 g/mol. The lowest BCUT2D eigenvalue weighted by Gasteiger charge is -2.22. The molecule has 2 aromatic carbocycles. The van der Waals surface area contributed by atoms with E-state index in [1.807, 2.05) is 80.4 Å². The Kier molecular flexibility index (Phi) is 6.31. The van der Waals surface area contributed by atoms with E-state index in [9.17, 15) is 9.59 Å². The second-order valence-corrected chi connectivity index (χ2v) is 7.39. The van der Waals surface area contributed by atoms with E-state index < -0.39 is 0 Å². The van der Waals surface area contributed by atoms with Crippen LogP contribution in [-0.4, -0.2) is 48.9 Å². The molecule has 6 nitrogen and oxygen atoms in total. The van der Waals surface area contributed by atoms with Crippen molar-refractivity contribution in [1.29, 1.82) is 0 Å². The Morgan fingerprint density at radius 3 is 2.43 bits per heavy atom. The van der Waals surface area contributed by atoms with Crippen LogP contribution < -0.4 is 15.0 Å². The van der Waals surface area contributed by atoms with Gasteiger partial charge in [-0.25, -0.2) is 0 Å². The highest BCUT2D eigenvalue weighted by Crippen LogP contribution is 2.26. The Morgan fingerprint density at radius 1 is 1.14 bits per heavy atom. The molecular formula is C22H27N3O3. The number of para-hydroxylation sites is 1. The van der Waals surface area contributed by atoms with E-state index >= 15 is 0 Å². The average molecular weight is 381 g/mol. The van der Waals surface area contributed by atoms with Gasteiger partial charge in [0, 0.05) is 24.7 Å². The van der Waals surface area contributed by atoms with E-state index in [1.54, 1.807) is 4.90 Å². The molecule has 1 atom stereocenters. The van der Waals surface area contributed by atoms with Gasteiger partial charge in [-0.1, -0.05) is 18.2 Å². The highest BCUT2D eigenvalue weighted by Gasteiger charge is 2.31. The summed E-state index contributed by atoms with van der Waals surface area (Å²) in [4.78, 5) is 28.3. The molecule has 0 saturated carbocycles. The first-order valence-electron chi connectivity index (χ1n) is 9.55. The minimum atomic E-state index is -0.166. The average Bonchev–Trinajstić information content (AvgIpc) is 3.03. The van der Waals surface area contributed by atoms with Crippen molar-refractivity contribution in [1.82, 2.24) is 10.2 Å². The van der Waals surface area contributed by atoms with Gasteiger partial charge in [-0.05, 0) is 57.3 Å². The fourth-order valence-corrected chi connectivity index (χ4v) is 3.05. The van der Waals surface area contributed by atoms with E-state index in [2.05, 4.69) is 5.32 Å². The number of hydrogen-bond acceptors (Lipinski definition) is 4. The molecule has 0 spiro atoms.